The summed E-state index contributed by atoms with van der Waals surface area (Å²) in [5.41, 5.74) is 2.83. The van der Waals surface area contributed by atoms with Gasteiger partial charge < -0.3 is 4.90 Å². The highest BCUT2D eigenvalue weighted by atomic mass is 35.5. The maximum absolute atomic E-state index is 6.32. The minimum atomic E-state index is 0.370. The second-order valence-corrected chi connectivity index (χ2v) is 4.91. The Balaban J connectivity index is 3.22. The number of halogens is 1. The van der Waals surface area contributed by atoms with Gasteiger partial charge >= 0.3 is 0 Å². The average Bonchev–Trinajstić information content (AvgIpc) is 2.31. The summed E-state index contributed by atoms with van der Waals surface area (Å²) >= 11 is 6.32. The van der Waals surface area contributed by atoms with Crippen LogP contribution < -0.4 is 4.90 Å². The van der Waals surface area contributed by atoms with Crippen molar-refractivity contribution in [2.75, 3.05) is 18.0 Å². The molecule has 3 heteroatoms. The molecular formula is C13H19ClNSi. The maximum Gasteiger partial charge on any atom is 0.0642 e. The van der Waals surface area contributed by atoms with Crippen LogP contribution in [0.15, 0.2) is 18.2 Å². The normalized spacial score (nSPS) is 12.6. The molecule has 0 aliphatic heterocycles. The highest BCUT2D eigenvalue weighted by Crippen LogP contribution is 2.34. The molecule has 1 rings (SSSR count). The molecule has 1 unspecified atom stereocenters. The molecule has 1 nitrogen and oxygen atoms in total. The van der Waals surface area contributed by atoms with Gasteiger partial charge in [-0.3, -0.25) is 0 Å². The summed E-state index contributed by atoms with van der Waals surface area (Å²) in [6, 6.07) is 6.14. The first-order chi connectivity index (χ1) is 7.65. The van der Waals surface area contributed by atoms with Gasteiger partial charge in [-0.25, -0.2) is 0 Å². The molecule has 1 aromatic rings. The largest absolute Gasteiger partial charge is 0.371 e. The second-order valence-electron chi connectivity index (χ2n) is 3.81. The number of hydrogen-bond donors (Lipinski definition) is 0. The van der Waals surface area contributed by atoms with E-state index >= 15 is 0 Å². The van der Waals surface area contributed by atoms with E-state index in [0.717, 1.165) is 24.5 Å². The summed E-state index contributed by atoms with van der Waals surface area (Å²) in [5, 5.41) is 0.845. The summed E-state index contributed by atoms with van der Waals surface area (Å²) in [5.74, 6) is 0. The zero-order chi connectivity index (χ0) is 12.1. The van der Waals surface area contributed by atoms with E-state index in [1.165, 1.54) is 11.3 Å². The van der Waals surface area contributed by atoms with Crippen LogP contribution in [0.2, 0.25) is 5.02 Å². The molecule has 0 spiro atoms. The van der Waals surface area contributed by atoms with E-state index in [0.29, 0.717) is 5.54 Å². The summed E-state index contributed by atoms with van der Waals surface area (Å²) in [6.45, 7) is 8.45. The minimum Gasteiger partial charge on any atom is -0.371 e. The Hall–Kier alpha value is -0.473. The first-order valence-corrected chi connectivity index (χ1v) is 6.85. The Kier molecular flexibility index (Phi) is 5.36. The zero-order valence-electron chi connectivity index (χ0n) is 10.3. The van der Waals surface area contributed by atoms with Crippen LogP contribution in [0, 0.1) is 0 Å². The first kappa shape index (κ1) is 13.6. The molecule has 0 aliphatic rings. The quantitative estimate of drug-likeness (QED) is 0.721. The highest BCUT2D eigenvalue weighted by molar-refractivity contribution is 6.33. The molecule has 87 valence electrons. The lowest BCUT2D eigenvalue weighted by Crippen LogP contribution is -2.24. The van der Waals surface area contributed by atoms with Crippen molar-refractivity contribution in [3.63, 3.8) is 0 Å². The number of nitrogens with zero attached hydrogens (tertiary/aromatic N) is 1. The van der Waals surface area contributed by atoms with Crippen LogP contribution in [-0.4, -0.2) is 23.3 Å². The molecule has 0 saturated heterocycles. The summed E-state index contributed by atoms with van der Waals surface area (Å²) < 4.78 is 0. The van der Waals surface area contributed by atoms with Gasteiger partial charge in [0.05, 0.1) is 10.7 Å². The average molecular weight is 253 g/mol. The van der Waals surface area contributed by atoms with Crippen molar-refractivity contribution in [3.05, 3.63) is 28.8 Å². The molecule has 0 amide bonds. The second kappa shape index (κ2) is 6.31. The number of rotatable bonds is 5. The van der Waals surface area contributed by atoms with Crippen molar-refractivity contribution in [1.29, 1.82) is 0 Å². The number of benzene rings is 1. The van der Waals surface area contributed by atoms with E-state index in [4.69, 9.17) is 11.6 Å². The van der Waals surface area contributed by atoms with E-state index < -0.39 is 0 Å². The maximum atomic E-state index is 6.32. The molecule has 0 fully saturated rings. The highest BCUT2D eigenvalue weighted by Gasteiger charge is 2.15. The van der Waals surface area contributed by atoms with Gasteiger partial charge in [-0.1, -0.05) is 37.1 Å². The van der Waals surface area contributed by atoms with Crippen molar-refractivity contribution in [2.24, 2.45) is 0 Å². The fourth-order valence-corrected chi connectivity index (χ4v) is 2.44. The van der Waals surface area contributed by atoms with E-state index in [1.54, 1.807) is 0 Å². The van der Waals surface area contributed by atoms with Gasteiger partial charge in [-0.05, 0) is 31.0 Å². The molecule has 0 aliphatic carbocycles. The Morgan fingerprint density at radius 3 is 2.38 bits per heavy atom. The molecule has 0 bridgehead atoms. The van der Waals surface area contributed by atoms with Crippen molar-refractivity contribution >= 4 is 27.5 Å². The minimum absolute atomic E-state index is 0.370. The Morgan fingerprint density at radius 2 is 1.88 bits per heavy atom. The Bertz CT molecular complexity index is 337. The molecular weight excluding hydrogens is 234 g/mol. The van der Waals surface area contributed by atoms with Crippen LogP contribution in [-0.2, 0) is 0 Å². The number of para-hydroxylation sites is 1. The van der Waals surface area contributed by atoms with Crippen molar-refractivity contribution in [2.45, 2.75) is 32.7 Å². The van der Waals surface area contributed by atoms with Gasteiger partial charge in [0, 0.05) is 23.3 Å². The van der Waals surface area contributed by atoms with Gasteiger partial charge in [0.2, 0.25) is 0 Å². The fraction of sp³-hybridized carbons (Fsp3) is 0.538. The van der Waals surface area contributed by atoms with Crippen LogP contribution in [0.3, 0.4) is 0 Å². The molecule has 1 atom stereocenters. The van der Waals surface area contributed by atoms with Gasteiger partial charge in [0.15, 0.2) is 0 Å². The van der Waals surface area contributed by atoms with Crippen LogP contribution >= 0.6 is 11.6 Å². The van der Waals surface area contributed by atoms with Crippen molar-refractivity contribution < 1.29 is 0 Å². The molecule has 16 heavy (non-hydrogen) atoms. The topological polar surface area (TPSA) is 3.24 Å². The predicted molar refractivity (Wildman–Crippen MR) is 73.8 cm³/mol. The van der Waals surface area contributed by atoms with Gasteiger partial charge in [-0.15, -0.1) is 0 Å². The summed E-state index contributed by atoms with van der Waals surface area (Å²) in [4.78, 5) is 2.31. The third-order valence-electron chi connectivity index (χ3n) is 2.88. The van der Waals surface area contributed by atoms with Crippen LogP contribution in [0.25, 0.3) is 0 Å². The van der Waals surface area contributed by atoms with Gasteiger partial charge in [0.25, 0.3) is 0 Å². The molecule has 3 radical (unpaired) electrons. The summed E-state index contributed by atoms with van der Waals surface area (Å²) in [7, 11) is 3.76. The van der Waals surface area contributed by atoms with Crippen LogP contribution in [0.4, 0.5) is 5.69 Å². The van der Waals surface area contributed by atoms with E-state index in [-0.39, 0.29) is 0 Å². The van der Waals surface area contributed by atoms with Gasteiger partial charge in [0.1, 0.15) is 0 Å². The third-order valence-corrected chi connectivity index (χ3v) is 3.91. The van der Waals surface area contributed by atoms with E-state index in [2.05, 4.69) is 42.0 Å². The molecule has 0 N–H and O–H groups in total. The van der Waals surface area contributed by atoms with E-state index in [1.807, 2.05) is 12.1 Å². The molecule has 0 aromatic heterocycles. The lowest BCUT2D eigenvalue weighted by atomic mass is 10.1. The monoisotopic (exact) mass is 252 g/mol. The predicted octanol–water partition coefficient (Wildman–Crippen LogP) is 3.81. The summed E-state index contributed by atoms with van der Waals surface area (Å²) in [6.07, 6.45) is 1.06. The first-order valence-electron chi connectivity index (χ1n) is 5.90. The number of anilines is 1. The van der Waals surface area contributed by atoms with Crippen LogP contribution in [0.5, 0.6) is 0 Å². The smallest absolute Gasteiger partial charge is 0.0642 e. The van der Waals surface area contributed by atoms with E-state index in [9.17, 15) is 0 Å². The van der Waals surface area contributed by atoms with Gasteiger partial charge in [-0.2, -0.15) is 0 Å². The van der Waals surface area contributed by atoms with Crippen molar-refractivity contribution in [1.82, 2.24) is 0 Å². The van der Waals surface area contributed by atoms with Crippen molar-refractivity contribution in [3.8, 4) is 0 Å². The number of hydrogen-bond acceptors (Lipinski definition) is 1. The Labute approximate surface area is 107 Å². The fourth-order valence-electron chi connectivity index (χ4n) is 1.91. The Morgan fingerprint density at radius 1 is 1.25 bits per heavy atom. The van der Waals surface area contributed by atoms with Crippen LogP contribution in [0.1, 0.15) is 38.3 Å². The lowest BCUT2D eigenvalue weighted by Gasteiger charge is -2.27. The molecule has 1 aromatic carbocycles. The zero-order valence-corrected chi connectivity index (χ0v) is 12.0. The molecule has 0 saturated carbocycles. The standard InChI is InChI=1S/C13H19ClNSi/c1-4-12(16)10-8-7-9-11(14)13(10)15(5-2)6-3/h7-9,12H,4-6H2,1-3H3. The third kappa shape index (κ3) is 2.80. The SMILES string of the molecule is CCC([Si])c1cccc(Cl)c1N(CC)CC. The molecule has 0 heterocycles. The lowest BCUT2D eigenvalue weighted by molar-refractivity contribution is 0.829.